The Morgan fingerprint density at radius 1 is 1.53 bits per heavy atom. The number of nitrogens with one attached hydrogen (secondary N) is 1. The molecule has 1 aliphatic heterocycles. The lowest BCUT2D eigenvalue weighted by molar-refractivity contribution is -0.142. The van der Waals surface area contributed by atoms with E-state index in [0.717, 1.165) is 0 Å². The van der Waals surface area contributed by atoms with Gasteiger partial charge in [-0.25, -0.2) is 0 Å². The molecule has 8 heteroatoms. The van der Waals surface area contributed by atoms with Gasteiger partial charge >= 0.3 is 5.97 Å². The molecule has 0 spiro atoms. The monoisotopic (exact) mass is 286 g/mol. The number of carboxylic acids is 1. The summed E-state index contributed by atoms with van der Waals surface area (Å²) in [6.45, 7) is 0.496. The second-order valence-electron chi connectivity index (χ2n) is 4.01. The number of halogens is 1. The largest absolute Gasteiger partial charge is 0.481 e. The van der Waals surface area contributed by atoms with Crippen molar-refractivity contribution in [3.8, 4) is 0 Å². The van der Waals surface area contributed by atoms with E-state index >= 15 is 0 Å². The maximum atomic E-state index is 12.2. The molecule has 0 bridgehead atoms. The Hall–Kier alpha value is -2.02. The number of hydrogen-bond acceptors (Lipinski definition) is 4. The van der Waals surface area contributed by atoms with Gasteiger partial charge in [0.25, 0.3) is 5.91 Å². The maximum absolute atomic E-state index is 12.2. The minimum Gasteiger partial charge on any atom is -0.481 e. The zero-order chi connectivity index (χ0) is 14.0. The SMILES string of the molecule is O=C(O)CC1C(=O)NCCN1C(=O)c1ccc(Cl)o1. The first-order chi connectivity index (χ1) is 8.99. The highest BCUT2D eigenvalue weighted by Crippen LogP contribution is 2.18. The van der Waals surface area contributed by atoms with Crippen LogP contribution in [-0.4, -0.2) is 46.9 Å². The van der Waals surface area contributed by atoms with Gasteiger partial charge in [-0.05, 0) is 23.7 Å². The molecule has 1 aliphatic rings. The van der Waals surface area contributed by atoms with E-state index in [2.05, 4.69) is 5.32 Å². The van der Waals surface area contributed by atoms with Crippen LogP contribution < -0.4 is 5.32 Å². The highest BCUT2D eigenvalue weighted by Gasteiger charge is 2.36. The number of aliphatic carboxylic acids is 1. The van der Waals surface area contributed by atoms with Crippen LogP contribution >= 0.6 is 11.6 Å². The van der Waals surface area contributed by atoms with Gasteiger partial charge in [0.1, 0.15) is 6.04 Å². The van der Waals surface area contributed by atoms with Gasteiger partial charge in [-0.2, -0.15) is 0 Å². The van der Waals surface area contributed by atoms with Crippen LogP contribution in [0.25, 0.3) is 0 Å². The van der Waals surface area contributed by atoms with Gasteiger partial charge < -0.3 is 19.7 Å². The molecule has 7 nitrogen and oxygen atoms in total. The average Bonchev–Trinajstić information content (AvgIpc) is 2.77. The van der Waals surface area contributed by atoms with E-state index < -0.39 is 30.2 Å². The number of rotatable bonds is 3. The molecule has 0 aliphatic carbocycles. The summed E-state index contributed by atoms with van der Waals surface area (Å²) in [5.74, 6) is -2.21. The first-order valence-electron chi connectivity index (χ1n) is 5.55. The van der Waals surface area contributed by atoms with Gasteiger partial charge in [-0.1, -0.05) is 0 Å². The molecule has 1 saturated heterocycles. The molecule has 1 aromatic rings. The second-order valence-corrected chi connectivity index (χ2v) is 4.38. The van der Waals surface area contributed by atoms with Gasteiger partial charge in [0.15, 0.2) is 11.0 Å². The Morgan fingerprint density at radius 2 is 2.26 bits per heavy atom. The van der Waals surface area contributed by atoms with Gasteiger partial charge in [0.05, 0.1) is 6.42 Å². The van der Waals surface area contributed by atoms with E-state index in [0.29, 0.717) is 0 Å². The fraction of sp³-hybridized carbons (Fsp3) is 0.364. The molecule has 0 radical (unpaired) electrons. The molecule has 1 aromatic heterocycles. The van der Waals surface area contributed by atoms with E-state index in [1.165, 1.54) is 17.0 Å². The highest BCUT2D eigenvalue weighted by atomic mass is 35.5. The number of furan rings is 1. The Bertz CT molecular complexity index is 527. The number of piperazine rings is 1. The molecule has 0 saturated carbocycles. The van der Waals surface area contributed by atoms with Crippen LogP contribution in [0.1, 0.15) is 17.0 Å². The summed E-state index contributed by atoms with van der Waals surface area (Å²) in [6, 6.07) is 1.75. The van der Waals surface area contributed by atoms with E-state index in [4.69, 9.17) is 21.1 Å². The average molecular weight is 287 g/mol. The third-order valence-electron chi connectivity index (χ3n) is 2.74. The van der Waals surface area contributed by atoms with Crippen molar-refractivity contribution < 1.29 is 23.9 Å². The van der Waals surface area contributed by atoms with Crippen LogP contribution in [-0.2, 0) is 9.59 Å². The van der Waals surface area contributed by atoms with Crippen molar-refractivity contribution >= 4 is 29.4 Å². The van der Waals surface area contributed by atoms with Crippen LogP contribution in [0.2, 0.25) is 5.22 Å². The molecule has 1 atom stereocenters. The lowest BCUT2D eigenvalue weighted by Gasteiger charge is -2.33. The summed E-state index contributed by atoms with van der Waals surface area (Å²) in [5.41, 5.74) is 0. The number of amides is 2. The maximum Gasteiger partial charge on any atom is 0.305 e. The van der Waals surface area contributed by atoms with Crippen molar-refractivity contribution in [2.75, 3.05) is 13.1 Å². The smallest absolute Gasteiger partial charge is 0.305 e. The summed E-state index contributed by atoms with van der Waals surface area (Å²) in [6.07, 6.45) is -0.452. The first-order valence-corrected chi connectivity index (χ1v) is 5.92. The van der Waals surface area contributed by atoms with Crippen molar-refractivity contribution in [3.63, 3.8) is 0 Å². The fourth-order valence-electron chi connectivity index (χ4n) is 1.90. The number of carbonyl (C=O) groups excluding carboxylic acids is 2. The van der Waals surface area contributed by atoms with Crippen LogP contribution in [0, 0.1) is 0 Å². The Labute approximate surface area is 113 Å². The summed E-state index contributed by atoms with van der Waals surface area (Å²) in [5, 5.41) is 11.4. The Morgan fingerprint density at radius 3 is 2.84 bits per heavy atom. The minimum atomic E-state index is -1.16. The molecule has 2 amide bonds. The molecular weight excluding hydrogens is 276 g/mol. The van der Waals surface area contributed by atoms with Crippen LogP contribution in [0.4, 0.5) is 0 Å². The molecule has 102 valence electrons. The quantitative estimate of drug-likeness (QED) is 0.835. The first kappa shape index (κ1) is 13.4. The molecule has 2 heterocycles. The lowest BCUT2D eigenvalue weighted by atomic mass is 10.1. The molecule has 2 N–H and O–H groups in total. The van der Waals surface area contributed by atoms with Crippen molar-refractivity contribution in [1.29, 1.82) is 0 Å². The minimum absolute atomic E-state index is 0.0184. The predicted octanol–water partition coefficient (Wildman–Crippen LogP) is 0.348. The van der Waals surface area contributed by atoms with Gasteiger partial charge in [-0.3, -0.25) is 14.4 Å². The number of carboxylic acid groups (broad SMARTS) is 1. The molecular formula is C11H11ClN2O5. The third-order valence-corrected chi connectivity index (χ3v) is 2.95. The second kappa shape index (κ2) is 5.31. The van der Waals surface area contributed by atoms with Crippen LogP contribution in [0.15, 0.2) is 16.5 Å². The molecule has 0 aromatic carbocycles. The highest BCUT2D eigenvalue weighted by molar-refractivity contribution is 6.29. The zero-order valence-corrected chi connectivity index (χ0v) is 10.5. The summed E-state index contributed by atoms with van der Waals surface area (Å²) >= 11 is 5.58. The Balaban J connectivity index is 2.22. The van der Waals surface area contributed by atoms with Gasteiger partial charge in [0, 0.05) is 13.1 Å². The molecule has 2 rings (SSSR count). The van der Waals surface area contributed by atoms with Crippen LogP contribution in [0.3, 0.4) is 0 Å². The van der Waals surface area contributed by atoms with E-state index in [1.807, 2.05) is 0 Å². The van der Waals surface area contributed by atoms with Gasteiger partial charge in [0.2, 0.25) is 5.91 Å². The van der Waals surface area contributed by atoms with E-state index in [1.54, 1.807) is 0 Å². The van der Waals surface area contributed by atoms with Gasteiger partial charge in [-0.15, -0.1) is 0 Å². The number of hydrogen-bond donors (Lipinski definition) is 2. The molecule has 1 unspecified atom stereocenters. The fourth-order valence-corrected chi connectivity index (χ4v) is 2.04. The number of carbonyl (C=O) groups is 3. The summed E-state index contributed by atoms with van der Waals surface area (Å²) < 4.78 is 4.98. The normalized spacial score (nSPS) is 19.1. The molecule has 19 heavy (non-hydrogen) atoms. The lowest BCUT2D eigenvalue weighted by Crippen LogP contribution is -2.57. The summed E-state index contributed by atoms with van der Waals surface area (Å²) in [7, 11) is 0. The number of nitrogens with zero attached hydrogens (tertiary/aromatic N) is 1. The topological polar surface area (TPSA) is 99.8 Å². The van der Waals surface area contributed by atoms with Crippen molar-refractivity contribution in [2.45, 2.75) is 12.5 Å². The predicted molar refractivity (Wildman–Crippen MR) is 63.8 cm³/mol. The summed E-state index contributed by atoms with van der Waals surface area (Å²) in [4.78, 5) is 35.7. The standard InChI is InChI=1S/C11H11ClN2O5/c12-8-2-1-7(19-8)11(18)14-4-3-13-10(17)6(14)5-9(15)16/h1-2,6H,3-5H2,(H,13,17)(H,15,16). The third kappa shape index (κ3) is 2.87. The van der Waals surface area contributed by atoms with Crippen LogP contribution in [0.5, 0.6) is 0 Å². The zero-order valence-electron chi connectivity index (χ0n) is 9.76. The van der Waals surface area contributed by atoms with Crippen molar-refractivity contribution in [1.82, 2.24) is 10.2 Å². The van der Waals surface area contributed by atoms with E-state index in [-0.39, 0.29) is 24.1 Å². The van der Waals surface area contributed by atoms with Crippen molar-refractivity contribution in [2.24, 2.45) is 0 Å². The van der Waals surface area contributed by atoms with Crippen molar-refractivity contribution in [3.05, 3.63) is 23.1 Å². The molecule has 1 fully saturated rings. The Kier molecular flexibility index (Phi) is 3.75. The van der Waals surface area contributed by atoms with E-state index in [9.17, 15) is 14.4 Å².